The lowest BCUT2D eigenvalue weighted by molar-refractivity contribution is -0.145. The van der Waals surface area contributed by atoms with Gasteiger partial charge in [0.05, 0.1) is 10.9 Å². The molecule has 0 spiro atoms. The van der Waals surface area contributed by atoms with E-state index in [1.807, 2.05) is 48.5 Å². The number of nitrogens with one attached hydrogen (secondary N) is 4. The molecular formula is C34H53N5O7S. The molecule has 47 heavy (non-hydrogen) atoms. The second kappa shape index (κ2) is 13.0. The van der Waals surface area contributed by atoms with Gasteiger partial charge in [0.2, 0.25) is 11.8 Å². The van der Waals surface area contributed by atoms with Crippen molar-refractivity contribution in [2.75, 3.05) is 12.4 Å². The maximum absolute atomic E-state index is 14.2. The van der Waals surface area contributed by atoms with Crippen molar-refractivity contribution < 1.29 is 32.7 Å². The molecule has 0 radical (unpaired) electrons. The molecule has 0 bridgehead atoms. The van der Waals surface area contributed by atoms with Crippen LogP contribution in [-0.4, -0.2) is 84.4 Å². The van der Waals surface area contributed by atoms with Crippen LogP contribution in [0.2, 0.25) is 0 Å². The highest BCUT2D eigenvalue weighted by molar-refractivity contribution is 7.91. The van der Waals surface area contributed by atoms with Gasteiger partial charge in [0.25, 0.3) is 5.91 Å². The number of urea groups is 1. The monoisotopic (exact) mass is 675 g/mol. The number of hydrogen-bond acceptors (Lipinski definition) is 7. The number of piperidine rings is 1. The summed E-state index contributed by atoms with van der Waals surface area (Å²) in [6, 6.07) is 3.01. The van der Waals surface area contributed by atoms with E-state index in [0.717, 1.165) is 12.0 Å². The van der Waals surface area contributed by atoms with E-state index in [4.69, 9.17) is 0 Å². The van der Waals surface area contributed by atoms with Crippen LogP contribution in [0.25, 0.3) is 0 Å². The lowest BCUT2D eigenvalue weighted by atomic mass is 9.77. The minimum absolute atomic E-state index is 0.0493. The number of carbonyl (C=O) groups is 4. The number of hydrogen-bond donors (Lipinski definition) is 5. The largest absolute Gasteiger partial charge is 0.381 e. The van der Waals surface area contributed by atoms with Gasteiger partial charge in [0, 0.05) is 12.1 Å². The van der Waals surface area contributed by atoms with Gasteiger partial charge in [0.15, 0.2) is 15.9 Å². The van der Waals surface area contributed by atoms with Crippen LogP contribution in [0.3, 0.4) is 0 Å². The summed E-state index contributed by atoms with van der Waals surface area (Å²) < 4.78 is 25.6. The van der Waals surface area contributed by atoms with Crippen molar-refractivity contribution in [3.05, 3.63) is 29.8 Å². The standard InChI is InChI=1S/C34H53N5O7S/c1-19-13-15-21(16-14-19)47(45,46)18-35-29(42)26(40)24(20-11-10-12-20)36-28(41)25-23-22(34(23,8)9)17-39(25)30(43)27(32(2,3)4)37-31(44)38-33(5,6)7/h13-16,20,22-27,40H,10-12,17-18H2,1-9H3,(H,35,42)(H,36,41)(H2,37,38,44)/t22?,23?,24?,25-,26?,27+/m0/s1. The number of nitrogens with zero attached hydrogens (tertiary/aromatic N) is 1. The van der Waals surface area contributed by atoms with Crippen LogP contribution in [0.4, 0.5) is 4.79 Å². The van der Waals surface area contributed by atoms with E-state index >= 15 is 0 Å². The van der Waals surface area contributed by atoms with E-state index in [1.54, 1.807) is 17.0 Å². The van der Waals surface area contributed by atoms with Crippen molar-refractivity contribution in [2.24, 2.45) is 28.6 Å². The van der Waals surface area contributed by atoms with Crippen molar-refractivity contribution in [1.29, 1.82) is 0 Å². The smallest absolute Gasteiger partial charge is 0.315 e. The van der Waals surface area contributed by atoms with E-state index < -0.39 is 68.7 Å². The summed E-state index contributed by atoms with van der Waals surface area (Å²) in [6.07, 6.45) is 0.534. The Morgan fingerprint density at radius 1 is 1.00 bits per heavy atom. The predicted molar refractivity (Wildman–Crippen MR) is 178 cm³/mol. The fraction of sp³-hybridized carbons (Fsp3) is 0.706. The molecule has 1 aliphatic heterocycles. The molecule has 13 heteroatoms. The summed E-state index contributed by atoms with van der Waals surface area (Å²) in [6.45, 7) is 17.4. The van der Waals surface area contributed by atoms with Gasteiger partial charge in [-0.1, -0.05) is 58.7 Å². The summed E-state index contributed by atoms with van der Waals surface area (Å²) in [5, 5.41) is 22.1. The summed E-state index contributed by atoms with van der Waals surface area (Å²) >= 11 is 0. The van der Waals surface area contributed by atoms with Gasteiger partial charge in [-0.25, -0.2) is 13.2 Å². The van der Waals surface area contributed by atoms with E-state index in [9.17, 15) is 32.7 Å². The van der Waals surface area contributed by atoms with Crippen LogP contribution in [-0.2, 0) is 24.2 Å². The average Bonchev–Trinajstić information content (AvgIpc) is 3.24. The number of carbonyl (C=O) groups excluding carboxylic acids is 4. The van der Waals surface area contributed by atoms with Gasteiger partial charge >= 0.3 is 6.03 Å². The van der Waals surface area contributed by atoms with Gasteiger partial charge in [-0.05, 0) is 81.3 Å². The lowest BCUT2D eigenvalue weighted by Crippen LogP contribution is -2.63. The van der Waals surface area contributed by atoms with Crippen LogP contribution in [0.5, 0.6) is 0 Å². The highest BCUT2D eigenvalue weighted by atomic mass is 32.2. The Morgan fingerprint density at radius 3 is 2.11 bits per heavy atom. The van der Waals surface area contributed by atoms with Crippen LogP contribution >= 0.6 is 0 Å². The Bertz CT molecular complexity index is 1480. The normalized spacial score (nSPS) is 24.2. The zero-order valence-electron chi connectivity index (χ0n) is 29.1. The maximum atomic E-state index is 14.2. The molecule has 1 saturated heterocycles. The molecule has 2 aliphatic carbocycles. The number of benzene rings is 1. The maximum Gasteiger partial charge on any atom is 0.315 e. The molecule has 4 unspecified atom stereocenters. The second-order valence-corrected chi connectivity index (χ2v) is 18.3. The first-order valence-corrected chi connectivity index (χ1v) is 18.1. The summed E-state index contributed by atoms with van der Waals surface area (Å²) in [5.41, 5.74) is -0.496. The highest BCUT2D eigenvalue weighted by Crippen LogP contribution is 2.65. The van der Waals surface area contributed by atoms with E-state index in [1.165, 1.54) is 12.1 Å². The minimum Gasteiger partial charge on any atom is -0.381 e. The number of aryl methyl sites for hydroxylation is 1. The molecule has 1 aromatic rings. The summed E-state index contributed by atoms with van der Waals surface area (Å²) in [7, 11) is -3.86. The van der Waals surface area contributed by atoms with Crippen molar-refractivity contribution in [3.8, 4) is 0 Å². The molecule has 2 saturated carbocycles. The molecule has 262 valence electrons. The number of fused-ring (bicyclic) bond motifs is 1. The quantitative estimate of drug-likeness (QED) is 0.253. The van der Waals surface area contributed by atoms with Crippen LogP contribution in [0, 0.1) is 35.5 Å². The molecule has 6 atom stereocenters. The number of aliphatic hydroxyl groups excluding tert-OH is 1. The SMILES string of the molecule is Cc1ccc(S(=O)(=O)CNC(=O)C(O)C(NC(=O)[C@@H]2C3C(CN2C(=O)[C@@H](NC(=O)NC(C)(C)C)C(C)(C)C)C3(C)C)C2CCC2)cc1. The number of likely N-dealkylation sites (tertiary alicyclic amines) is 1. The molecule has 5 amide bonds. The fourth-order valence-corrected chi connectivity index (χ4v) is 7.95. The van der Waals surface area contributed by atoms with Gasteiger partial charge in [-0.3, -0.25) is 14.4 Å². The molecule has 0 aromatic heterocycles. The van der Waals surface area contributed by atoms with Crippen LogP contribution in [0.15, 0.2) is 29.2 Å². The summed E-state index contributed by atoms with van der Waals surface area (Å²) in [4.78, 5) is 55.9. The van der Waals surface area contributed by atoms with Crippen LogP contribution in [0.1, 0.15) is 80.2 Å². The van der Waals surface area contributed by atoms with Crippen molar-refractivity contribution in [2.45, 2.75) is 116 Å². The number of aliphatic hydroxyl groups is 1. The number of sulfone groups is 1. The molecule has 5 N–H and O–H groups in total. The van der Waals surface area contributed by atoms with Gasteiger partial charge in [-0.15, -0.1) is 0 Å². The predicted octanol–water partition coefficient (Wildman–Crippen LogP) is 2.48. The Labute approximate surface area is 279 Å². The van der Waals surface area contributed by atoms with Gasteiger partial charge in [0.1, 0.15) is 18.0 Å². The highest BCUT2D eigenvalue weighted by Gasteiger charge is 2.70. The van der Waals surface area contributed by atoms with Crippen molar-refractivity contribution in [1.82, 2.24) is 26.2 Å². The van der Waals surface area contributed by atoms with E-state index in [-0.39, 0.29) is 34.0 Å². The zero-order chi connectivity index (χ0) is 35.3. The third kappa shape index (κ3) is 8.10. The number of rotatable bonds is 10. The summed E-state index contributed by atoms with van der Waals surface area (Å²) in [5.74, 6) is -2.69. The third-order valence-corrected chi connectivity index (χ3v) is 11.5. The first kappa shape index (κ1) is 36.6. The molecule has 1 aromatic carbocycles. The van der Waals surface area contributed by atoms with Crippen molar-refractivity contribution >= 4 is 33.6 Å². The van der Waals surface area contributed by atoms with E-state index in [0.29, 0.717) is 19.4 Å². The molecule has 3 fully saturated rings. The van der Waals surface area contributed by atoms with E-state index in [2.05, 4.69) is 35.1 Å². The van der Waals surface area contributed by atoms with Gasteiger partial charge < -0.3 is 31.3 Å². The Hall–Kier alpha value is -3.19. The first-order chi connectivity index (χ1) is 21.5. The van der Waals surface area contributed by atoms with Crippen LogP contribution < -0.4 is 21.3 Å². The lowest BCUT2D eigenvalue weighted by Gasteiger charge is -2.40. The Morgan fingerprint density at radius 2 is 1.60 bits per heavy atom. The first-order valence-electron chi connectivity index (χ1n) is 16.5. The Balaban J connectivity index is 1.51. The molecule has 12 nitrogen and oxygen atoms in total. The molecule has 1 heterocycles. The number of amides is 5. The topological polar surface area (TPSA) is 174 Å². The van der Waals surface area contributed by atoms with Gasteiger partial charge in [-0.2, -0.15) is 0 Å². The molecular weight excluding hydrogens is 622 g/mol. The fourth-order valence-electron chi connectivity index (χ4n) is 6.90. The Kier molecular flexibility index (Phi) is 10.2. The molecule has 3 aliphatic rings. The minimum atomic E-state index is -3.86. The molecule has 4 rings (SSSR count). The third-order valence-electron chi connectivity index (χ3n) is 10.0. The average molecular weight is 676 g/mol. The zero-order valence-corrected chi connectivity index (χ0v) is 30.0. The second-order valence-electron chi connectivity index (χ2n) is 16.3. The van der Waals surface area contributed by atoms with Crippen molar-refractivity contribution in [3.63, 3.8) is 0 Å².